The largest absolute Gasteiger partial charge is 0.454 e. The SMILES string of the molecule is CC(OC(=O)c1cc2c(cc1[N+](=O)[O-])OCO2)C(=O)NC(=O)NC1CC1. The Labute approximate surface area is 146 Å². The molecule has 0 radical (unpaired) electrons. The second-order valence-corrected chi connectivity index (χ2v) is 5.76. The molecule has 1 aliphatic heterocycles. The zero-order valence-electron chi connectivity index (χ0n) is 13.6. The van der Waals surface area contributed by atoms with Gasteiger partial charge in [0.15, 0.2) is 17.6 Å². The Balaban J connectivity index is 1.67. The maximum Gasteiger partial charge on any atom is 0.346 e. The third-order valence-electron chi connectivity index (χ3n) is 3.71. The zero-order valence-corrected chi connectivity index (χ0v) is 13.6. The second kappa shape index (κ2) is 6.86. The molecule has 1 aromatic rings. The molecule has 0 aromatic heterocycles. The first-order chi connectivity index (χ1) is 12.3. The fourth-order valence-corrected chi connectivity index (χ4v) is 2.19. The predicted molar refractivity (Wildman–Crippen MR) is 83.8 cm³/mol. The van der Waals surface area contributed by atoms with Crippen molar-refractivity contribution in [1.82, 2.24) is 10.6 Å². The lowest BCUT2D eigenvalue weighted by atomic mass is 10.1. The summed E-state index contributed by atoms with van der Waals surface area (Å²) in [5.41, 5.74) is -0.931. The highest BCUT2D eigenvalue weighted by molar-refractivity contribution is 6.00. The molecular weight excluding hydrogens is 350 g/mol. The number of hydrogen-bond donors (Lipinski definition) is 2. The van der Waals surface area contributed by atoms with E-state index in [0.29, 0.717) is 0 Å². The van der Waals surface area contributed by atoms with E-state index in [1.807, 2.05) is 5.32 Å². The third kappa shape index (κ3) is 3.82. The summed E-state index contributed by atoms with van der Waals surface area (Å²) in [7, 11) is 0. The van der Waals surface area contributed by atoms with E-state index in [1.54, 1.807) is 0 Å². The molecule has 1 aromatic carbocycles. The summed E-state index contributed by atoms with van der Waals surface area (Å²) in [6.45, 7) is 1.12. The van der Waals surface area contributed by atoms with Crippen molar-refractivity contribution < 1.29 is 33.5 Å². The Kier molecular flexibility index (Phi) is 4.61. The van der Waals surface area contributed by atoms with Crippen LogP contribution >= 0.6 is 0 Å². The molecule has 2 aliphatic rings. The summed E-state index contributed by atoms with van der Waals surface area (Å²) in [5.74, 6) is -1.65. The third-order valence-corrected chi connectivity index (χ3v) is 3.71. The van der Waals surface area contributed by atoms with Crippen LogP contribution in [0.5, 0.6) is 11.5 Å². The van der Waals surface area contributed by atoms with Crippen LogP contribution < -0.4 is 20.1 Å². The number of nitro benzene ring substituents is 1. The highest BCUT2D eigenvalue weighted by Gasteiger charge is 2.31. The van der Waals surface area contributed by atoms with Gasteiger partial charge in [-0.05, 0) is 19.8 Å². The normalized spacial score (nSPS) is 15.7. The molecule has 1 saturated carbocycles. The van der Waals surface area contributed by atoms with E-state index >= 15 is 0 Å². The van der Waals surface area contributed by atoms with Gasteiger partial charge in [-0.2, -0.15) is 0 Å². The van der Waals surface area contributed by atoms with E-state index in [2.05, 4.69) is 5.32 Å². The van der Waals surface area contributed by atoms with Crippen molar-refractivity contribution in [3.05, 3.63) is 27.8 Å². The van der Waals surface area contributed by atoms with Crippen molar-refractivity contribution in [3.63, 3.8) is 0 Å². The van der Waals surface area contributed by atoms with Crippen molar-refractivity contribution in [2.75, 3.05) is 6.79 Å². The minimum absolute atomic E-state index is 0.0527. The smallest absolute Gasteiger partial charge is 0.346 e. The van der Waals surface area contributed by atoms with E-state index < -0.39 is 34.6 Å². The van der Waals surface area contributed by atoms with Crippen molar-refractivity contribution in [3.8, 4) is 11.5 Å². The molecule has 138 valence electrons. The summed E-state index contributed by atoms with van der Waals surface area (Å²) in [6.07, 6.45) is 0.359. The Morgan fingerprint density at radius 1 is 1.27 bits per heavy atom. The van der Waals surface area contributed by atoms with Crippen LogP contribution in [0, 0.1) is 10.1 Å². The van der Waals surface area contributed by atoms with E-state index in [9.17, 15) is 24.5 Å². The molecule has 3 rings (SSSR count). The van der Waals surface area contributed by atoms with Gasteiger partial charge in [-0.3, -0.25) is 20.2 Å². The summed E-state index contributed by atoms with van der Waals surface area (Å²) in [5, 5.41) is 15.8. The van der Waals surface area contributed by atoms with Crippen LogP contribution in [0.4, 0.5) is 10.5 Å². The molecule has 1 fully saturated rings. The molecule has 0 bridgehead atoms. The van der Waals surface area contributed by atoms with Gasteiger partial charge in [0, 0.05) is 12.1 Å². The predicted octanol–water partition coefficient (Wildman–Crippen LogP) is 0.857. The highest BCUT2D eigenvalue weighted by Crippen LogP contribution is 2.38. The average molecular weight is 365 g/mol. The standard InChI is InChI=1S/C15H15N3O8/c1-7(13(19)17-15(21)16-8-2-3-8)26-14(20)9-4-11-12(25-6-24-11)5-10(9)18(22)23/h4-5,7-8H,2-3,6H2,1H3,(H2,16,17,19,21). The number of fused-ring (bicyclic) bond motifs is 1. The number of imide groups is 1. The second-order valence-electron chi connectivity index (χ2n) is 5.76. The summed E-state index contributed by atoms with van der Waals surface area (Å²) < 4.78 is 15.1. The number of carbonyl (C=O) groups is 3. The number of hydrogen-bond acceptors (Lipinski definition) is 8. The lowest BCUT2D eigenvalue weighted by Crippen LogP contribution is -2.45. The van der Waals surface area contributed by atoms with Gasteiger partial charge in [0.05, 0.1) is 11.0 Å². The van der Waals surface area contributed by atoms with Gasteiger partial charge in [0.1, 0.15) is 5.56 Å². The number of urea groups is 1. The lowest BCUT2D eigenvalue weighted by Gasteiger charge is -2.13. The fraction of sp³-hybridized carbons (Fsp3) is 0.400. The average Bonchev–Trinajstić information content (AvgIpc) is 3.26. The van der Waals surface area contributed by atoms with Crippen LogP contribution in [0.1, 0.15) is 30.1 Å². The van der Waals surface area contributed by atoms with Gasteiger partial charge in [0.25, 0.3) is 11.6 Å². The van der Waals surface area contributed by atoms with Gasteiger partial charge in [0.2, 0.25) is 6.79 Å². The molecule has 1 unspecified atom stereocenters. The maximum atomic E-state index is 12.3. The van der Waals surface area contributed by atoms with Crippen LogP contribution in [0.3, 0.4) is 0 Å². The number of benzene rings is 1. The van der Waals surface area contributed by atoms with Crippen LogP contribution in [0.25, 0.3) is 0 Å². The molecule has 2 N–H and O–H groups in total. The molecule has 1 heterocycles. The number of rotatable bonds is 5. The quantitative estimate of drug-likeness (QED) is 0.444. The van der Waals surface area contributed by atoms with Gasteiger partial charge >= 0.3 is 12.0 Å². The fourth-order valence-electron chi connectivity index (χ4n) is 2.19. The zero-order chi connectivity index (χ0) is 18.8. The molecular formula is C15H15N3O8. The van der Waals surface area contributed by atoms with Crippen LogP contribution in [0.2, 0.25) is 0 Å². The molecule has 1 aliphatic carbocycles. The molecule has 0 spiro atoms. The van der Waals surface area contributed by atoms with Gasteiger partial charge in [-0.25, -0.2) is 9.59 Å². The lowest BCUT2D eigenvalue weighted by molar-refractivity contribution is -0.385. The minimum atomic E-state index is -1.34. The summed E-state index contributed by atoms with van der Waals surface area (Å²) in [6, 6.07) is 1.53. The van der Waals surface area contributed by atoms with Crippen molar-refractivity contribution >= 4 is 23.6 Å². The van der Waals surface area contributed by atoms with Crippen molar-refractivity contribution in [1.29, 1.82) is 0 Å². The van der Waals surface area contributed by atoms with Crippen LogP contribution in [-0.2, 0) is 9.53 Å². The molecule has 0 saturated heterocycles. The molecule has 1 atom stereocenters. The minimum Gasteiger partial charge on any atom is -0.454 e. The van der Waals surface area contributed by atoms with Crippen LogP contribution in [0.15, 0.2) is 12.1 Å². The Morgan fingerprint density at radius 3 is 2.54 bits per heavy atom. The van der Waals surface area contributed by atoms with Gasteiger partial charge < -0.3 is 19.5 Å². The molecule has 26 heavy (non-hydrogen) atoms. The van der Waals surface area contributed by atoms with E-state index in [-0.39, 0.29) is 29.9 Å². The number of esters is 1. The highest BCUT2D eigenvalue weighted by atomic mass is 16.7. The van der Waals surface area contributed by atoms with E-state index in [4.69, 9.17) is 14.2 Å². The number of ether oxygens (including phenoxy) is 3. The summed E-state index contributed by atoms with van der Waals surface area (Å²) >= 11 is 0. The number of amides is 3. The number of nitrogens with one attached hydrogen (secondary N) is 2. The summed E-state index contributed by atoms with van der Waals surface area (Å²) in [4.78, 5) is 46.1. The number of nitrogens with zero attached hydrogens (tertiary/aromatic N) is 1. The van der Waals surface area contributed by atoms with E-state index in [0.717, 1.165) is 25.0 Å². The first-order valence-corrected chi connectivity index (χ1v) is 7.75. The Hall–Kier alpha value is -3.37. The van der Waals surface area contributed by atoms with Gasteiger partial charge in [-0.15, -0.1) is 0 Å². The van der Waals surface area contributed by atoms with E-state index in [1.165, 1.54) is 6.92 Å². The van der Waals surface area contributed by atoms with Crippen molar-refractivity contribution in [2.45, 2.75) is 31.9 Å². The monoisotopic (exact) mass is 365 g/mol. The first-order valence-electron chi connectivity index (χ1n) is 7.75. The maximum absolute atomic E-state index is 12.3. The Morgan fingerprint density at radius 2 is 1.92 bits per heavy atom. The molecule has 11 heteroatoms. The number of carbonyl (C=O) groups excluding carboxylic acids is 3. The topological polar surface area (TPSA) is 146 Å². The number of nitro groups is 1. The van der Waals surface area contributed by atoms with Crippen molar-refractivity contribution in [2.24, 2.45) is 0 Å². The van der Waals surface area contributed by atoms with Gasteiger partial charge in [-0.1, -0.05) is 0 Å². The molecule has 3 amide bonds. The molecule has 11 nitrogen and oxygen atoms in total. The van der Waals surface area contributed by atoms with Crippen LogP contribution in [-0.4, -0.2) is 41.8 Å². The first kappa shape index (κ1) is 17.5. The Bertz CT molecular complexity index is 789.